The zero-order valence-electron chi connectivity index (χ0n) is 12.0. The largest absolute Gasteiger partial charge is 0.376 e. The van der Waals surface area contributed by atoms with Crippen LogP contribution >= 0.6 is 11.6 Å². The predicted molar refractivity (Wildman–Crippen MR) is 82.3 cm³/mol. The molecule has 0 spiro atoms. The summed E-state index contributed by atoms with van der Waals surface area (Å²) < 4.78 is 5.72. The molecule has 1 saturated carbocycles. The minimum absolute atomic E-state index is 0.0153. The number of nitro benzene ring substituents is 1. The van der Waals surface area contributed by atoms with Crippen molar-refractivity contribution in [3.05, 3.63) is 38.9 Å². The van der Waals surface area contributed by atoms with Crippen molar-refractivity contribution >= 4 is 17.3 Å². The van der Waals surface area contributed by atoms with E-state index in [1.54, 1.807) is 12.1 Å². The third kappa shape index (κ3) is 4.40. The second kappa shape index (κ2) is 7.73. The van der Waals surface area contributed by atoms with E-state index in [4.69, 9.17) is 22.1 Å². The van der Waals surface area contributed by atoms with E-state index in [0.29, 0.717) is 35.6 Å². The molecule has 1 fully saturated rings. The molecule has 1 aromatic rings. The number of nitrogens with two attached hydrogens (primary N) is 1. The number of nitro groups is 1. The molecule has 2 N–H and O–H groups in total. The lowest BCUT2D eigenvalue weighted by Crippen LogP contribution is -2.29. The highest BCUT2D eigenvalue weighted by molar-refractivity contribution is 6.30. The van der Waals surface area contributed by atoms with E-state index in [9.17, 15) is 10.1 Å². The summed E-state index contributed by atoms with van der Waals surface area (Å²) in [4.78, 5) is 10.6. The molecule has 2 rings (SSSR count). The average molecular weight is 313 g/mol. The van der Waals surface area contributed by atoms with Gasteiger partial charge in [-0.3, -0.25) is 10.1 Å². The van der Waals surface area contributed by atoms with Crippen LogP contribution in [0.15, 0.2) is 18.2 Å². The van der Waals surface area contributed by atoms with Crippen molar-refractivity contribution in [2.75, 3.05) is 13.2 Å². The van der Waals surface area contributed by atoms with E-state index < -0.39 is 4.92 Å². The van der Waals surface area contributed by atoms with Gasteiger partial charge in [0.2, 0.25) is 0 Å². The minimum atomic E-state index is -0.423. The first-order valence-corrected chi connectivity index (χ1v) is 7.70. The van der Waals surface area contributed by atoms with Gasteiger partial charge in [-0.1, -0.05) is 24.4 Å². The third-order valence-corrected chi connectivity index (χ3v) is 4.44. The Hall–Kier alpha value is -1.17. The fourth-order valence-electron chi connectivity index (χ4n) is 2.96. The lowest BCUT2D eigenvalue weighted by molar-refractivity contribution is -0.385. The number of rotatable bonds is 6. The lowest BCUT2D eigenvalue weighted by Gasteiger charge is -2.30. The number of hydrogen-bond acceptors (Lipinski definition) is 4. The molecular formula is C15H21ClN2O3. The van der Waals surface area contributed by atoms with Gasteiger partial charge in [-0.2, -0.15) is 0 Å². The van der Waals surface area contributed by atoms with Gasteiger partial charge in [-0.15, -0.1) is 0 Å². The Morgan fingerprint density at radius 3 is 2.71 bits per heavy atom. The first-order valence-electron chi connectivity index (χ1n) is 7.32. The van der Waals surface area contributed by atoms with Crippen molar-refractivity contribution in [2.24, 2.45) is 17.6 Å². The SMILES string of the molecule is NCC1CCCCC1COCc1ccc(Cl)cc1[N+](=O)[O-]. The van der Waals surface area contributed by atoms with Gasteiger partial charge < -0.3 is 10.5 Å². The molecule has 116 valence electrons. The summed E-state index contributed by atoms with van der Waals surface area (Å²) in [6, 6.07) is 4.67. The standard InChI is InChI=1S/C15H21ClN2O3/c16-14-6-5-13(15(7-14)18(19)20)10-21-9-12-4-2-1-3-11(12)8-17/h5-7,11-12H,1-4,8-10,17H2. The van der Waals surface area contributed by atoms with Crippen molar-refractivity contribution in [1.29, 1.82) is 0 Å². The highest BCUT2D eigenvalue weighted by atomic mass is 35.5. The maximum absolute atomic E-state index is 11.0. The average Bonchev–Trinajstić information content (AvgIpc) is 2.49. The second-order valence-corrected chi connectivity index (χ2v) is 6.02. The van der Waals surface area contributed by atoms with Crippen LogP contribution in [0.3, 0.4) is 0 Å². The van der Waals surface area contributed by atoms with Gasteiger partial charge in [0.1, 0.15) is 0 Å². The molecule has 0 bridgehead atoms. The van der Waals surface area contributed by atoms with Crippen LogP contribution in [-0.2, 0) is 11.3 Å². The van der Waals surface area contributed by atoms with Crippen LogP contribution in [0.5, 0.6) is 0 Å². The highest BCUT2D eigenvalue weighted by Gasteiger charge is 2.24. The Kier molecular flexibility index (Phi) is 5.96. The Bertz CT molecular complexity index is 496. The summed E-state index contributed by atoms with van der Waals surface area (Å²) in [5.41, 5.74) is 6.37. The zero-order chi connectivity index (χ0) is 15.2. The smallest absolute Gasteiger partial charge is 0.276 e. The van der Waals surface area contributed by atoms with Crippen molar-refractivity contribution in [3.63, 3.8) is 0 Å². The van der Waals surface area contributed by atoms with Crippen LogP contribution in [0.2, 0.25) is 5.02 Å². The monoisotopic (exact) mass is 312 g/mol. The predicted octanol–water partition coefficient (Wildman–Crippen LogP) is 3.53. The molecule has 0 aromatic heterocycles. The Labute approximate surface area is 129 Å². The van der Waals surface area contributed by atoms with E-state index in [1.165, 1.54) is 18.9 Å². The van der Waals surface area contributed by atoms with Crippen LogP contribution in [0.4, 0.5) is 5.69 Å². The van der Waals surface area contributed by atoms with Crippen molar-refractivity contribution in [2.45, 2.75) is 32.3 Å². The molecule has 1 aliphatic rings. The number of hydrogen-bond donors (Lipinski definition) is 1. The van der Waals surface area contributed by atoms with E-state index in [-0.39, 0.29) is 12.3 Å². The van der Waals surface area contributed by atoms with Crippen LogP contribution in [-0.4, -0.2) is 18.1 Å². The third-order valence-electron chi connectivity index (χ3n) is 4.20. The maximum atomic E-state index is 11.0. The van der Waals surface area contributed by atoms with Crippen molar-refractivity contribution < 1.29 is 9.66 Å². The molecule has 2 atom stereocenters. The van der Waals surface area contributed by atoms with Crippen LogP contribution in [0, 0.1) is 22.0 Å². The fourth-order valence-corrected chi connectivity index (χ4v) is 3.13. The van der Waals surface area contributed by atoms with Gasteiger partial charge >= 0.3 is 0 Å². The van der Waals surface area contributed by atoms with Gasteiger partial charge in [0.25, 0.3) is 5.69 Å². The molecule has 0 saturated heterocycles. The van der Waals surface area contributed by atoms with Crippen LogP contribution in [0.25, 0.3) is 0 Å². The van der Waals surface area contributed by atoms with Gasteiger partial charge in [0.05, 0.1) is 23.7 Å². The first-order chi connectivity index (χ1) is 10.1. The second-order valence-electron chi connectivity index (χ2n) is 5.59. The summed E-state index contributed by atoms with van der Waals surface area (Å²) in [5, 5.41) is 11.4. The Morgan fingerprint density at radius 1 is 1.33 bits per heavy atom. The molecule has 0 heterocycles. The Balaban J connectivity index is 1.92. The summed E-state index contributed by atoms with van der Waals surface area (Å²) in [6.45, 7) is 1.54. The Morgan fingerprint density at radius 2 is 2.05 bits per heavy atom. The fraction of sp³-hybridized carbons (Fsp3) is 0.600. The topological polar surface area (TPSA) is 78.4 Å². The number of ether oxygens (including phenoxy) is 1. The molecule has 21 heavy (non-hydrogen) atoms. The molecule has 2 unspecified atom stereocenters. The van der Waals surface area contributed by atoms with Crippen LogP contribution in [0.1, 0.15) is 31.2 Å². The summed E-state index contributed by atoms with van der Waals surface area (Å²) in [7, 11) is 0. The van der Waals surface area contributed by atoms with E-state index in [0.717, 1.165) is 12.8 Å². The quantitative estimate of drug-likeness (QED) is 0.644. The molecule has 0 amide bonds. The number of halogens is 1. The van der Waals surface area contributed by atoms with Gasteiger partial charge in [-0.05, 0) is 43.4 Å². The summed E-state index contributed by atoms with van der Waals surface area (Å²) in [6.07, 6.45) is 4.74. The van der Waals surface area contributed by atoms with E-state index in [2.05, 4.69) is 0 Å². The van der Waals surface area contributed by atoms with E-state index >= 15 is 0 Å². The van der Waals surface area contributed by atoms with Crippen molar-refractivity contribution in [1.82, 2.24) is 0 Å². The molecule has 1 aromatic carbocycles. The maximum Gasteiger partial charge on any atom is 0.276 e. The molecule has 1 aliphatic carbocycles. The van der Waals surface area contributed by atoms with Crippen LogP contribution < -0.4 is 5.73 Å². The van der Waals surface area contributed by atoms with Gasteiger partial charge in [0, 0.05) is 11.1 Å². The zero-order valence-corrected chi connectivity index (χ0v) is 12.7. The van der Waals surface area contributed by atoms with Crippen molar-refractivity contribution in [3.8, 4) is 0 Å². The molecule has 5 nitrogen and oxygen atoms in total. The van der Waals surface area contributed by atoms with Gasteiger partial charge in [-0.25, -0.2) is 0 Å². The van der Waals surface area contributed by atoms with Gasteiger partial charge in [0.15, 0.2) is 0 Å². The summed E-state index contributed by atoms with van der Waals surface area (Å²) in [5.74, 6) is 0.981. The summed E-state index contributed by atoms with van der Waals surface area (Å²) >= 11 is 5.80. The molecule has 6 heteroatoms. The first kappa shape index (κ1) is 16.2. The molecule has 0 aliphatic heterocycles. The normalized spacial score (nSPS) is 22.2. The molecule has 0 radical (unpaired) electrons. The highest BCUT2D eigenvalue weighted by Crippen LogP contribution is 2.30. The lowest BCUT2D eigenvalue weighted by atomic mass is 9.80. The van der Waals surface area contributed by atoms with E-state index in [1.807, 2.05) is 0 Å². The number of benzene rings is 1. The molecular weight excluding hydrogens is 292 g/mol. The minimum Gasteiger partial charge on any atom is -0.376 e. The number of nitrogens with zero attached hydrogens (tertiary/aromatic N) is 1.